The zero-order valence-electron chi connectivity index (χ0n) is 18.3. The van der Waals surface area contributed by atoms with Gasteiger partial charge in [-0.15, -0.1) is 0 Å². The molecule has 0 saturated heterocycles. The number of amides is 1. The maximum atomic E-state index is 12.8. The van der Waals surface area contributed by atoms with E-state index < -0.39 is 0 Å². The maximum absolute atomic E-state index is 12.8. The Hall–Kier alpha value is -3.30. The number of para-hydroxylation sites is 1. The highest BCUT2D eigenvalue weighted by Gasteiger charge is 2.28. The molecule has 2 aromatic heterocycles. The molecule has 3 aromatic rings. The number of anilines is 3. The van der Waals surface area contributed by atoms with E-state index >= 15 is 0 Å². The van der Waals surface area contributed by atoms with Crippen LogP contribution >= 0.6 is 11.6 Å². The molecule has 0 bridgehead atoms. The third kappa shape index (κ3) is 4.49. The topological polar surface area (TPSA) is 107 Å². The summed E-state index contributed by atoms with van der Waals surface area (Å²) in [7, 11) is 5.58. The van der Waals surface area contributed by atoms with Gasteiger partial charge in [0.2, 0.25) is 5.95 Å². The number of hydrogen-bond acceptors (Lipinski definition) is 7. The Kier molecular flexibility index (Phi) is 6.48. The van der Waals surface area contributed by atoms with Crippen molar-refractivity contribution in [3.8, 4) is 17.1 Å². The lowest BCUT2D eigenvalue weighted by Crippen LogP contribution is -2.31. The minimum atomic E-state index is -0.143. The molecule has 0 saturated carbocycles. The largest absolute Gasteiger partial charge is 0.493 e. The number of likely N-dealkylation sites (N-methyl/N-ethyl adjacent to an activating group) is 1. The summed E-state index contributed by atoms with van der Waals surface area (Å²) in [5.41, 5.74) is 4.06. The van der Waals surface area contributed by atoms with E-state index in [0.29, 0.717) is 64.6 Å². The fourth-order valence-electron chi connectivity index (χ4n) is 3.62. The SMILES string of the molecule is COc1c(Cl)cccc1Nc1c(-c2ccnc(NCCN(C)C)n2)[nH]c2c1C(=O)NCC2. The summed E-state index contributed by atoms with van der Waals surface area (Å²) in [6, 6.07) is 7.24. The Morgan fingerprint density at radius 3 is 2.91 bits per heavy atom. The van der Waals surface area contributed by atoms with Gasteiger partial charge in [-0.1, -0.05) is 17.7 Å². The number of fused-ring (bicyclic) bond motifs is 1. The molecule has 0 spiro atoms. The minimum Gasteiger partial charge on any atom is -0.493 e. The number of benzene rings is 1. The van der Waals surface area contributed by atoms with Gasteiger partial charge >= 0.3 is 0 Å². The molecular formula is C22H26ClN7O2. The van der Waals surface area contributed by atoms with Gasteiger partial charge in [-0.2, -0.15) is 0 Å². The molecule has 0 aliphatic carbocycles. The number of hydrogen-bond donors (Lipinski definition) is 4. The smallest absolute Gasteiger partial charge is 0.255 e. The number of H-pyrrole nitrogens is 1. The lowest BCUT2D eigenvalue weighted by molar-refractivity contribution is 0.0947. The lowest BCUT2D eigenvalue weighted by atomic mass is 10.1. The van der Waals surface area contributed by atoms with Gasteiger partial charge in [0, 0.05) is 37.9 Å². The van der Waals surface area contributed by atoms with E-state index in [1.807, 2.05) is 32.3 Å². The first-order chi connectivity index (χ1) is 15.5. The summed E-state index contributed by atoms with van der Waals surface area (Å²) in [6.07, 6.45) is 2.39. The fourth-order valence-corrected chi connectivity index (χ4v) is 3.87. The zero-order valence-corrected chi connectivity index (χ0v) is 19.0. The Bertz CT molecular complexity index is 1130. The van der Waals surface area contributed by atoms with E-state index in [1.165, 1.54) is 0 Å². The van der Waals surface area contributed by atoms with E-state index in [4.69, 9.17) is 16.3 Å². The van der Waals surface area contributed by atoms with Crippen LogP contribution in [0.1, 0.15) is 16.1 Å². The van der Waals surface area contributed by atoms with Crippen molar-refractivity contribution in [1.82, 2.24) is 25.2 Å². The van der Waals surface area contributed by atoms with Crippen molar-refractivity contribution >= 4 is 34.8 Å². The number of aromatic nitrogens is 3. The third-order valence-corrected chi connectivity index (χ3v) is 5.45. The molecule has 9 nitrogen and oxygen atoms in total. The molecule has 4 rings (SSSR count). The van der Waals surface area contributed by atoms with Gasteiger partial charge in [0.05, 0.1) is 40.5 Å². The molecule has 10 heteroatoms. The van der Waals surface area contributed by atoms with Crippen LogP contribution < -0.4 is 20.7 Å². The van der Waals surface area contributed by atoms with E-state index in [1.54, 1.807) is 19.4 Å². The summed E-state index contributed by atoms with van der Waals surface area (Å²) < 4.78 is 5.48. The van der Waals surface area contributed by atoms with E-state index in [0.717, 1.165) is 12.2 Å². The predicted molar refractivity (Wildman–Crippen MR) is 126 cm³/mol. The number of carbonyl (C=O) groups is 1. The molecule has 4 N–H and O–H groups in total. The molecule has 1 aromatic carbocycles. The summed E-state index contributed by atoms with van der Waals surface area (Å²) in [4.78, 5) is 27.2. The number of methoxy groups -OCH3 is 1. The van der Waals surface area contributed by atoms with Crippen LogP contribution in [0.15, 0.2) is 30.5 Å². The highest BCUT2D eigenvalue weighted by molar-refractivity contribution is 6.32. The van der Waals surface area contributed by atoms with Crippen LogP contribution in [0.4, 0.5) is 17.3 Å². The second-order valence-electron chi connectivity index (χ2n) is 7.68. The molecule has 0 radical (unpaired) electrons. The van der Waals surface area contributed by atoms with Crippen LogP contribution in [-0.2, 0) is 6.42 Å². The van der Waals surface area contributed by atoms with E-state index in [-0.39, 0.29) is 5.91 Å². The molecule has 1 aliphatic heterocycles. The molecule has 3 heterocycles. The summed E-state index contributed by atoms with van der Waals surface area (Å²) in [6.45, 7) is 2.14. The normalized spacial score (nSPS) is 13.0. The van der Waals surface area contributed by atoms with Crippen molar-refractivity contribution in [2.45, 2.75) is 6.42 Å². The summed E-state index contributed by atoms with van der Waals surface area (Å²) in [5.74, 6) is 0.878. The molecule has 32 heavy (non-hydrogen) atoms. The number of nitrogens with zero attached hydrogens (tertiary/aromatic N) is 3. The second kappa shape index (κ2) is 9.46. The van der Waals surface area contributed by atoms with Crippen molar-refractivity contribution in [3.63, 3.8) is 0 Å². The van der Waals surface area contributed by atoms with Gasteiger partial charge in [0.1, 0.15) is 0 Å². The standard InChI is InChI=1S/C22H26ClN7O2/c1-30(2)12-11-26-22-25-10-8-15(29-22)18-19(17-14(27-18)7-9-24-21(17)31)28-16-6-4-5-13(23)20(16)32-3/h4-6,8,10,27-28H,7,9,11-12H2,1-3H3,(H,24,31)(H,25,26,29). The van der Waals surface area contributed by atoms with Crippen molar-refractivity contribution < 1.29 is 9.53 Å². The Morgan fingerprint density at radius 1 is 1.28 bits per heavy atom. The van der Waals surface area contributed by atoms with Gasteiger partial charge in [0.25, 0.3) is 5.91 Å². The second-order valence-corrected chi connectivity index (χ2v) is 8.08. The predicted octanol–water partition coefficient (Wildman–Crippen LogP) is 3.14. The number of aromatic amines is 1. The zero-order chi connectivity index (χ0) is 22.7. The van der Waals surface area contributed by atoms with Gasteiger partial charge < -0.3 is 30.6 Å². The van der Waals surface area contributed by atoms with Gasteiger partial charge in [-0.3, -0.25) is 4.79 Å². The van der Waals surface area contributed by atoms with Crippen LogP contribution in [-0.4, -0.2) is 66.6 Å². The van der Waals surface area contributed by atoms with Crippen molar-refractivity contribution in [3.05, 3.63) is 46.7 Å². The van der Waals surface area contributed by atoms with Crippen molar-refractivity contribution in [1.29, 1.82) is 0 Å². The molecule has 1 amide bonds. The Labute approximate surface area is 191 Å². The first-order valence-electron chi connectivity index (χ1n) is 10.3. The number of halogens is 1. The number of ether oxygens (including phenoxy) is 1. The van der Waals surface area contributed by atoms with Crippen LogP contribution in [0, 0.1) is 0 Å². The van der Waals surface area contributed by atoms with Crippen molar-refractivity contribution in [2.75, 3.05) is 51.5 Å². The minimum absolute atomic E-state index is 0.143. The molecular weight excluding hydrogens is 430 g/mol. The third-order valence-electron chi connectivity index (χ3n) is 5.15. The number of carbonyl (C=O) groups excluding carboxylic acids is 1. The Balaban J connectivity index is 1.75. The van der Waals surface area contributed by atoms with Gasteiger partial charge in [0.15, 0.2) is 5.75 Å². The van der Waals surface area contributed by atoms with Crippen LogP contribution in [0.2, 0.25) is 5.02 Å². The monoisotopic (exact) mass is 455 g/mol. The highest BCUT2D eigenvalue weighted by Crippen LogP contribution is 2.40. The molecule has 1 aliphatic rings. The number of rotatable bonds is 8. The van der Waals surface area contributed by atoms with Crippen LogP contribution in [0.25, 0.3) is 11.4 Å². The fraction of sp³-hybridized carbons (Fsp3) is 0.318. The first-order valence-corrected chi connectivity index (χ1v) is 10.7. The average molecular weight is 456 g/mol. The van der Waals surface area contributed by atoms with Crippen LogP contribution in [0.3, 0.4) is 0 Å². The van der Waals surface area contributed by atoms with E-state index in [2.05, 4.69) is 35.8 Å². The van der Waals surface area contributed by atoms with Gasteiger partial charge in [-0.25, -0.2) is 9.97 Å². The molecule has 0 unspecified atom stereocenters. The molecule has 0 atom stereocenters. The lowest BCUT2D eigenvalue weighted by Gasteiger charge is -2.17. The quantitative estimate of drug-likeness (QED) is 0.413. The summed E-state index contributed by atoms with van der Waals surface area (Å²) in [5, 5.41) is 9.98. The van der Waals surface area contributed by atoms with Crippen molar-refractivity contribution in [2.24, 2.45) is 0 Å². The summed E-state index contributed by atoms with van der Waals surface area (Å²) >= 11 is 6.31. The molecule has 168 valence electrons. The number of nitrogens with one attached hydrogen (secondary N) is 4. The average Bonchev–Trinajstić information content (AvgIpc) is 3.13. The van der Waals surface area contributed by atoms with Gasteiger partial charge in [-0.05, 0) is 32.3 Å². The maximum Gasteiger partial charge on any atom is 0.255 e. The first kappa shape index (κ1) is 21.9. The highest BCUT2D eigenvalue weighted by atomic mass is 35.5. The van der Waals surface area contributed by atoms with Crippen LogP contribution in [0.5, 0.6) is 5.75 Å². The Morgan fingerprint density at radius 2 is 2.12 bits per heavy atom. The van der Waals surface area contributed by atoms with E-state index in [9.17, 15) is 4.79 Å². The molecule has 0 fully saturated rings.